The van der Waals surface area contributed by atoms with Gasteiger partial charge in [-0.15, -0.1) is 0 Å². The molecule has 0 aliphatic carbocycles. The van der Waals surface area contributed by atoms with Crippen molar-refractivity contribution in [3.05, 3.63) is 11.9 Å². The van der Waals surface area contributed by atoms with Crippen LogP contribution in [0.5, 0.6) is 0 Å². The first kappa shape index (κ1) is 6.42. The van der Waals surface area contributed by atoms with E-state index in [1.54, 1.807) is 0 Å². The number of allylic oxidation sites excluding steroid dienone is 1. The fourth-order valence-electron chi connectivity index (χ4n) is 0.781. The van der Waals surface area contributed by atoms with Gasteiger partial charge in [-0.1, -0.05) is 5.11 Å². The van der Waals surface area contributed by atoms with Gasteiger partial charge in [-0.3, -0.25) is 0 Å². The maximum Gasteiger partial charge on any atom is 0.147 e. The van der Waals surface area contributed by atoms with Crippen molar-refractivity contribution < 1.29 is 4.59 Å². The molecule has 0 aromatic rings. The van der Waals surface area contributed by atoms with Crippen molar-refractivity contribution in [3.63, 3.8) is 0 Å². The molecule has 1 rings (SSSR count). The average molecular weight is 126 g/mol. The lowest BCUT2D eigenvalue weighted by atomic mass is 10.5. The van der Waals surface area contributed by atoms with Gasteiger partial charge in [0.05, 0.1) is 7.05 Å². The number of rotatable bonds is 1. The molecule has 0 aromatic heterocycles. The van der Waals surface area contributed by atoms with Gasteiger partial charge in [-0.25, -0.2) is 0 Å². The molecule has 1 heterocycles. The van der Waals surface area contributed by atoms with Crippen LogP contribution in [0.25, 0.3) is 0 Å². The SMILES string of the molecule is CC[N+]1(C)C=C(C)N=N1. The average Bonchev–Trinajstić information content (AvgIpc) is 2.13. The zero-order chi connectivity index (χ0) is 6.91. The number of nitrogens with zero attached hydrogens (tertiary/aromatic N) is 3. The summed E-state index contributed by atoms with van der Waals surface area (Å²) >= 11 is 0. The molecule has 3 nitrogen and oxygen atoms in total. The number of hydrogen-bond donors (Lipinski definition) is 0. The summed E-state index contributed by atoms with van der Waals surface area (Å²) < 4.78 is 0.603. The molecule has 1 aliphatic rings. The Hall–Kier alpha value is -0.700. The highest BCUT2D eigenvalue weighted by Crippen LogP contribution is 2.16. The molecule has 0 saturated heterocycles. The van der Waals surface area contributed by atoms with Crippen LogP contribution < -0.4 is 0 Å². The Bertz CT molecular complexity index is 171. The molecule has 0 fully saturated rings. The van der Waals surface area contributed by atoms with Gasteiger partial charge >= 0.3 is 0 Å². The van der Waals surface area contributed by atoms with Crippen LogP contribution in [0.4, 0.5) is 0 Å². The van der Waals surface area contributed by atoms with Crippen molar-refractivity contribution in [3.8, 4) is 0 Å². The maximum atomic E-state index is 4.04. The minimum Gasteiger partial charge on any atom is -0.154 e. The van der Waals surface area contributed by atoms with E-state index in [1.165, 1.54) is 0 Å². The second-order valence-corrected chi connectivity index (χ2v) is 2.49. The number of quaternary nitrogens is 1. The van der Waals surface area contributed by atoms with Crippen molar-refractivity contribution in [2.45, 2.75) is 13.8 Å². The smallest absolute Gasteiger partial charge is 0.147 e. The van der Waals surface area contributed by atoms with E-state index < -0.39 is 0 Å². The van der Waals surface area contributed by atoms with E-state index in [-0.39, 0.29) is 0 Å². The van der Waals surface area contributed by atoms with Crippen LogP contribution in [-0.2, 0) is 0 Å². The normalized spacial score (nSPS) is 33.0. The summed E-state index contributed by atoms with van der Waals surface area (Å²) in [5.74, 6) is 0. The van der Waals surface area contributed by atoms with Crippen LogP contribution in [0.1, 0.15) is 13.8 Å². The maximum absolute atomic E-state index is 4.04. The molecule has 0 radical (unpaired) electrons. The van der Waals surface area contributed by atoms with E-state index in [0.717, 1.165) is 12.2 Å². The summed E-state index contributed by atoms with van der Waals surface area (Å²) in [6, 6.07) is 0. The zero-order valence-electron chi connectivity index (χ0n) is 6.13. The molecule has 0 saturated carbocycles. The Morgan fingerprint density at radius 1 is 1.67 bits per heavy atom. The quantitative estimate of drug-likeness (QED) is 0.478. The Balaban J connectivity index is 2.78. The Morgan fingerprint density at radius 2 is 2.33 bits per heavy atom. The van der Waals surface area contributed by atoms with Crippen molar-refractivity contribution in [2.24, 2.45) is 10.3 Å². The number of hydrogen-bond acceptors (Lipinski definition) is 2. The lowest BCUT2D eigenvalue weighted by molar-refractivity contribution is -0.865. The topological polar surface area (TPSA) is 24.7 Å². The fourth-order valence-corrected chi connectivity index (χ4v) is 0.781. The van der Waals surface area contributed by atoms with Crippen molar-refractivity contribution >= 4 is 0 Å². The highest BCUT2D eigenvalue weighted by molar-refractivity contribution is 4.90. The first-order chi connectivity index (χ1) is 4.16. The third-order valence-corrected chi connectivity index (χ3v) is 1.51. The van der Waals surface area contributed by atoms with Crippen molar-refractivity contribution in [1.82, 2.24) is 0 Å². The summed E-state index contributed by atoms with van der Waals surface area (Å²) in [6.45, 7) is 5.03. The molecular formula is C6H12N3+. The second kappa shape index (κ2) is 1.92. The van der Waals surface area contributed by atoms with Crippen LogP contribution in [0.3, 0.4) is 0 Å². The molecule has 1 unspecified atom stereocenters. The van der Waals surface area contributed by atoms with Gasteiger partial charge in [-0.2, -0.15) is 4.59 Å². The molecule has 1 atom stereocenters. The molecule has 0 spiro atoms. The molecular weight excluding hydrogens is 114 g/mol. The van der Waals surface area contributed by atoms with Crippen LogP contribution >= 0.6 is 0 Å². The van der Waals surface area contributed by atoms with Gasteiger partial charge in [0.2, 0.25) is 0 Å². The van der Waals surface area contributed by atoms with Gasteiger partial charge in [0.25, 0.3) is 0 Å². The first-order valence-electron chi connectivity index (χ1n) is 3.14. The van der Waals surface area contributed by atoms with E-state index in [2.05, 4.69) is 17.3 Å². The first-order valence-corrected chi connectivity index (χ1v) is 3.14. The van der Waals surface area contributed by atoms with Gasteiger partial charge < -0.3 is 0 Å². The van der Waals surface area contributed by atoms with Crippen LogP contribution in [-0.4, -0.2) is 18.2 Å². The predicted octanol–water partition coefficient (Wildman–Crippen LogP) is 1.70. The molecule has 1 aliphatic heterocycles. The highest BCUT2D eigenvalue weighted by Gasteiger charge is 2.21. The highest BCUT2D eigenvalue weighted by atomic mass is 15.7. The van der Waals surface area contributed by atoms with Gasteiger partial charge in [0.1, 0.15) is 18.4 Å². The molecule has 0 bridgehead atoms. The fraction of sp³-hybridized carbons (Fsp3) is 0.667. The standard InChI is InChI=1S/C6H12N3/c1-4-9(3)5-6(2)7-8-9/h5H,4H2,1-3H3/q+1. The van der Waals surface area contributed by atoms with Crippen molar-refractivity contribution in [2.75, 3.05) is 13.6 Å². The van der Waals surface area contributed by atoms with Gasteiger partial charge in [-0.05, 0) is 13.8 Å². The second-order valence-electron chi connectivity index (χ2n) is 2.49. The van der Waals surface area contributed by atoms with Gasteiger partial charge in [0.15, 0.2) is 0 Å². The Morgan fingerprint density at radius 3 is 2.56 bits per heavy atom. The molecule has 0 N–H and O–H groups in total. The Kier molecular flexibility index (Phi) is 1.37. The predicted molar refractivity (Wildman–Crippen MR) is 35.3 cm³/mol. The third-order valence-electron chi connectivity index (χ3n) is 1.51. The third kappa shape index (κ3) is 1.16. The molecule has 3 heteroatoms. The summed E-state index contributed by atoms with van der Waals surface area (Å²) in [6.07, 6.45) is 2.04. The van der Waals surface area contributed by atoms with Crippen LogP contribution in [0, 0.1) is 0 Å². The van der Waals surface area contributed by atoms with Crippen LogP contribution in [0.15, 0.2) is 22.2 Å². The molecule has 9 heavy (non-hydrogen) atoms. The summed E-state index contributed by atoms with van der Waals surface area (Å²) in [5, 5.41) is 7.96. The van der Waals surface area contributed by atoms with E-state index in [4.69, 9.17) is 0 Å². The van der Waals surface area contributed by atoms with Gasteiger partial charge in [0, 0.05) is 5.22 Å². The Labute approximate surface area is 55.3 Å². The van der Waals surface area contributed by atoms with E-state index >= 15 is 0 Å². The lowest BCUT2D eigenvalue weighted by Crippen LogP contribution is -2.29. The molecule has 0 amide bonds. The minimum absolute atomic E-state index is 0.603. The van der Waals surface area contributed by atoms with Crippen LogP contribution in [0.2, 0.25) is 0 Å². The van der Waals surface area contributed by atoms with E-state index in [1.807, 2.05) is 20.2 Å². The molecule has 0 aromatic carbocycles. The monoisotopic (exact) mass is 126 g/mol. The summed E-state index contributed by atoms with van der Waals surface area (Å²) in [7, 11) is 2.03. The van der Waals surface area contributed by atoms with E-state index in [9.17, 15) is 0 Å². The largest absolute Gasteiger partial charge is 0.154 e. The molecule has 50 valence electrons. The van der Waals surface area contributed by atoms with E-state index in [0.29, 0.717) is 4.59 Å². The lowest BCUT2D eigenvalue weighted by Gasteiger charge is -2.14. The minimum atomic E-state index is 0.603. The summed E-state index contributed by atoms with van der Waals surface area (Å²) in [5.41, 5.74) is 1.01. The van der Waals surface area contributed by atoms with Crippen molar-refractivity contribution in [1.29, 1.82) is 0 Å². The zero-order valence-corrected chi connectivity index (χ0v) is 6.13. The summed E-state index contributed by atoms with van der Waals surface area (Å²) in [4.78, 5) is 0.